The van der Waals surface area contributed by atoms with Gasteiger partial charge >= 0.3 is 0 Å². The average molecular weight is 199 g/mol. The molecule has 0 saturated heterocycles. The highest BCUT2D eigenvalue weighted by Crippen LogP contribution is 2.12. The van der Waals surface area contributed by atoms with Crippen molar-refractivity contribution >= 4 is 17.7 Å². The van der Waals surface area contributed by atoms with E-state index in [0.717, 1.165) is 19.3 Å². The van der Waals surface area contributed by atoms with Crippen LogP contribution in [0.15, 0.2) is 12.2 Å². The number of amides is 1. The molecule has 1 N–H and O–H groups in total. The van der Waals surface area contributed by atoms with E-state index < -0.39 is 0 Å². The Morgan fingerprint density at radius 1 is 1.62 bits per heavy atom. The molecule has 0 aromatic rings. The second kappa shape index (κ2) is 5.32. The molecule has 1 amide bonds. The Morgan fingerprint density at radius 2 is 2.38 bits per heavy atom. The van der Waals surface area contributed by atoms with Crippen LogP contribution in [-0.2, 0) is 4.79 Å². The van der Waals surface area contributed by atoms with Gasteiger partial charge in [0.1, 0.15) is 0 Å². The zero-order valence-electron chi connectivity index (χ0n) is 8.25. The van der Waals surface area contributed by atoms with E-state index in [4.69, 9.17) is 0 Å². The smallest absolute Gasteiger partial charge is 0.233 e. The van der Waals surface area contributed by atoms with E-state index >= 15 is 0 Å². The molecule has 0 fully saturated rings. The Hall–Kier alpha value is -0.440. The van der Waals surface area contributed by atoms with Crippen molar-refractivity contribution in [1.82, 2.24) is 5.32 Å². The van der Waals surface area contributed by atoms with Crippen molar-refractivity contribution in [3.05, 3.63) is 12.2 Å². The minimum atomic E-state index is 0.0749. The fourth-order valence-electron chi connectivity index (χ4n) is 1.35. The maximum atomic E-state index is 11.5. The van der Waals surface area contributed by atoms with E-state index in [2.05, 4.69) is 17.5 Å². The Balaban J connectivity index is 2.31. The first-order valence-corrected chi connectivity index (χ1v) is 6.01. The van der Waals surface area contributed by atoms with Crippen molar-refractivity contribution in [3.63, 3.8) is 0 Å². The van der Waals surface area contributed by atoms with Crippen LogP contribution in [0.3, 0.4) is 0 Å². The molecule has 74 valence electrons. The molecule has 0 heterocycles. The van der Waals surface area contributed by atoms with Gasteiger partial charge in [-0.3, -0.25) is 4.79 Å². The van der Waals surface area contributed by atoms with Crippen LogP contribution in [0.4, 0.5) is 0 Å². The molecular weight excluding hydrogens is 182 g/mol. The van der Waals surface area contributed by atoms with E-state index in [1.807, 2.05) is 13.2 Å². The van der Waals surface area contributed by atoms with Crippen LogP contribution in [0, 0.1) is 0 Å². The Bertz CT molecular complexity index is 203. The molecule has 2 unspecified atom stereocenters. The fraction of sp³-hybridized carbons (Fsp3) is 0.700. The standard InChI is InChI=1S/C10H17NOS/c1-8(13-2)10(12)11-9-6-4-3-5-7-9/h3-4,8-9H,5-7H2,1-2H3,(H,11,12). The largest absolute Gasteiger partial charge is 0.352 e. The number of allylic oxidation sites excluding steroid dienone is 1. The summed E-state index contributed by atoms with van der Waals surface area (Å²) in [7, 11) is 0. The summed E-state index contributed by atoms with van der Waals surface area (Å²) in [5, 5.41) is 3.13. The highest BCUT2D eigenvalue weighted by Gasteiger charge is 2.16. The van der Waals surface area contributed by atoms with E-state index in [-0.39, 0.29) is 11.2 Å². The number of carbonyl (C=O) groups excluding carboxylic acids is 1. The van der Waals surface area contributed by atoms with Crippen LogP contribution >= 0.6 is 11.8 Å². The molecule has 1 rings (SSSR count). The predicted molar refractivity (Wildman–Crippen MR) is 57.9 cm³/mol. The third kappa shape index (κ3) is 3.43. The third-order valence-corrected chi connectivity index (χ3v) is 3.26. The molecule has 0 aromatic heterocycles. The molecule has 1 aliphatic carbocycles. The maximum Gasteiger partial charge on any atom is 0.233 e. The average Bonchev–Trinajstić information content (AvgIpc) is 2.18. The lowest BCUT2D eigenvalue weighted by Gasteiger charge is -2.20. The minimum Gasteiger partial charge on any atom is -0.352 e. The zero-order chi connectivity index (χ0) is 9.68. The fourth-order valence-corrected chi connectivity index (χ4v) is 1.63. The Morgan fingerprint density at radius 3 is 2.92 bits per heavy atom. The first kappa shape index (κ1) is 10.6. The van der Waals surface area contributed by atoms with E-state index in [1.165, 1.54) is 0 Å². The molecule has 0 spiro atoms. The van der Waals surface area contributed by atoms with Crippen molar-refractivity contribution in [2.45, 2.75) is 37.5 Å². The van der Waals surface area contributed by atoms with Gasteiger partial charge in [-0.1, -0.05) is 12.2 Å². The molecule has 0 aromatic carbocycles. The lowest BCUT2D eigenvalue weighted by molar-refractivity contribution is -0.121. The maximum absolute atomic E-state index is 11.5. The van der Waals surface area contributed by atoms with Gasteiger partial charge in [-0.25, -0.2) is 0 Å². The minimum absolute atomic E-state index is 0.0749. The van der Waals surface area contributed by atoms with Crippen molar-refractivity contribution in [1.29, 1.82) is 0 Å². The Labute approximate surface area is 84.2 Å². The number of rotatable bonds is 3. The number of thioether (sulfide) groups is 1. The highest BCUT2D eigenvalue weighted by molar-refractivity contribution is 7.99. The van der Waals surface area contributed by atoms with E-state index in [1.54, 1.807) is 11.8 Å². The van der Waals surface area contributed by atoms with Crippen LogP contribution in [0.25, 0.3) is 0 Å². The van der Waals surface area contributed by atoms with Gasteiger partial charge in [0.25, 0.3) is 0 Å². The van der Waals surface area contributed by atoms with Crippen molar-refractivity contribution < 1.29 is 4.79 Å². The van der Waals surface area contributed by atoms with Crippen molar-refractivity contribution in [3.8, 4) is 0 Å². The normalized spacial score (nSPS) is 24.0. The molecule has 2 nitrogen and oxygen atoms in total. The van der Waals surface area contributed by atoms with Gasteiger partial charge in [0.05, 0.1) is 5.25 Å². The lowest BCUT2D eigenvalue weighted by Crippen LogP contribution is -2.39. The summed E-state index contributed by atoms with van der Waals surface area (Å²) in [5.41, 5.74) is 0. The lowest BCUT2D eigenvalue weighted by atomic mass is 10.0. The number of hydrogen-bond acceptors (Lipinski definition) is 2. The van der Waals surface area contributed by atoms with Crippen LogP contribution < -0.4 is 5.32 Å². The molecule has 0 saturated carbocycles. The first-order valence-electron chi connectivity index (χ1n) is 4.72. The van der Waals surface area contributed by atoms with Crippen molar-refractivity contribution in [2.24, 2.45) is 0 Å². The molecule has 1 aliphatic rings. The summed E-state index contributed by atoms with van der Waals surface area (Å²) in [6.45, 7) is 1.94. The second-order valence-corrected chi connectivity index (χ2v) is 4.55. The summed E-state index contributed by atoms with van der Waals surface area (Å²) in [5.74, 6) is 0.174. The van der Waals surface area contributed by atoms with Gasteiger partial charge in [0.15, 0.2) is 0 Å². The monoisotopic (exact) mass is 199 g/mol. The van der Waals surface area contributed by atoms with Gasteiger partial charge in [-0.2, -0.15) is 11.8 Å². The molecule has 13 heavy (non-hydrogen) atoms. The van der Waals surface area contributed by atoms with E-state index in [0.29, 0.717) is 6.04 Å². The van der Waals surface area contributed by atoms with Crippen LogP contribution in [-0.4, -0.2) is 23.5 Å². The SMILES string of the molecule is CSC(C)C(=O)NC1CC=CCC1. The summed E-state index contributed by atoms with van der Waals surface area (Å²) < 4.78 is 0. The van der Waals surface area contributed by atoms with Crippen LogP contribution in [0.1, 0.15) is 26.2 Å². The van der Waals surface area contributed by atoms with Crippen LogP contribution in [0.5, 0.6) is 0 Å². The number of carbonyl (C=O) groups is 1. The topological polar surface area (TPSA) is 29.1 Å². The van der Waals surface area contributed by atoms with Crippen LogP contribution in [0.2, 0.25) is 0 Å². The number of hydrogen-bond donors (Lipinski definition) is 1. The second-order valence-electron chi connectivity index (χ2n) is 3.37. The van der Waals surface area contributed by atoms with Crippen molar-refractivity contribution in [2.75, 3.05) is 6.26 Å². The van der Waals surface area contributed by atoms with Gasteiger partial charge < -0.3 is 5.32 Å². The summed E-state index contributed by atoms with van der Waals surface area (Å²) in [6, 6.07) is 0.368. The highest BCUT2D eigenvalue weighted by atomic mass is 32.2. The van der Waals surface area contributed by atoms with Gasteiger partial charge in [-0.05, 0) is 32.4 Å². The number of nitrogens with one attached hydrogen (secondary N) is 1. The quantitative estimate of drug-likeness (QED) is 0.704. The first-order chi connectivity index (χ1) is 6.24. The summed E-state index contributed by atoms with van der Waals surface area (Å²) >= 11 is 1.59. The van der Waals surface area contributed by atoms with Gasteiger partial charge in [0.2, 0.25) is 5.91 Å². The van der Waals surface area contributed by atoms with E-state index in [9.17, 15) is 4.79 Å². The molecule has 0 radical (unpaired) electrons. The molecule has 0 bridgehead atoms. The summed E-state index contributed by atoms with van der Waals surface area (Å²) in [4.78, 5) is 11.5. The van der Waals surface area contributed by atoms with Gasteiger partial charge in [-0.15, -0.1) is 0 Å². The molecular formula is C10H17NOS. The Kier molecular flexibility index (Phi) is 4.36. The molecule has 0 aliphatic heterocycles. The van der Waals surface area contributed by atoms with Gasteiger partial charge in [0, 0.05) is 6.04 Å². The summed E-state index contributed by atoms with van der Waals surface area (Å²) in [6.07, 6.45) is 9.47. The molecule has 2 atom stereocenters. The predicted octanol–water partition coefficient (Wildman–Crippen LogP) is 1.96. The third-order valence-electron chi connectivity index (χ3n) is 2.34. The zero-order valence-corrected chi connectivity index (χ0v) is 9.06. The molecule has 3 heteroatoms.